The maximum atomic E-state index is 2.52. The highest BCUT2D eigenvalue weighted by Gasteiger charge is 2.48. The summed E-state index contributed by atoms with van der Waals surface area (Å²) in [4.78, 5) is 2.50. The van der Waals surface area contributed by atoms with Gasteiger partial charge in [0.1, 0.15) is 0 Å². The van der Waals surface area contributed by atoms with Crippen molar-refractivity contribution in [1.82, 2.24) is 0 Å². The first-order valence-corrected chi connectivity index (χ1v) is 22.8. The van der Waals surface area contributed by atoms with Crippen molar-refractivity contribution in [1.29, 1.82) is 0 Å². The van der Waals surface area contributed by atoms with E-state index in [1.165, 1.54) is 86.1 Å². The summed E-state index contributed by atoms with van der Waals surface area (Å²) in [5.74, 6) is 0. The van der Waals surface area contributed by atoms with Crippen LogP contribution in [0, 0.1) is 0 Å². The van der Waals surface area contributed by atoms with Gasteiger partial charge in [-0.1, -0.05) is 212 Å². The number of anilines is 3. The minimum Gasteiger partial charge on any atom is -0.309 e. The number of rotatable bonds is 6. The summed E-state index contributed by atoms with van der Waals surface area (Å²) in [7, 11) is -2.61. The van der Waals surface area contributed by atoms with Crippen molar-refractivity contribution in [2.75, 3.05) is 4.90 Å². The first kappa shape index (κ1) is 34.5. The predicted octanol–water partition coefficient (Wildman–Crippen LogP) is 12.8. The summed E-state index contributed by atoms with van der Waals surface area (Å²) < 4.78 is 0. The van der Waals surface area contributed by atoms with Gasteiger partial charge in [-0.25, -0.2) is 0 Å². The van der Waals surface area contributed by atoms with Gasteiger partial charge in [0.05, 0.1) is 11.4 Å². The number of benzene rings is 11. The van der Waals surface area contributed by atoms with Crippen molar-refractivity contribution in [3.05, 3.63) is 237 Å². The van der Waals surface area contributed by atoms with Crippen LogP contribution in [0.5, 0.6) is 0 Å². The molecule has 12 rings (SSSR count). The smallest absolute Gasteiger partial charge is 0.180 e. The zero-order valence-electron chi connectivity index (χ0n) is 33.0. The van der Waals surface area contributed by atoms with Gasteiger partial charge in [0.15, 0.2) is 8.07 Å². The van der Waals surface area contributed by atoms with E-state index in [4.69, 9.17) is 0 Å². The minimum atomic E-state index is -2.61. The lowest BCUT2D eigenvalue weighted by Gasteiger charge is -2.31. The Kier molecular flexibility index (Phi) is 7.94. The van der Waals surface area contributed by atoms with Crippen molar-refractivity contribution < 1.29 is 0 Å². The molecule has 0 bridgehead atoms. The Labute approximate surface area is 351 Å². The summed E-state index contributed by atoms with van der Waals surface area (Å²) in [6.45, 7) is 0. The molecule has 60 heavy (non-hydrogen) atoms. The molecule has 1 nitrogen and oxygen atoms in total. The molecule has 0 saturated heterocycles. The Morgan fingerprint density at radius 1 is 0.283 bits per heavy atom. The van der Waals surface area contributed by atoms with Crippen LogP contribution in [0.1, 0.15) is 0 Å². The molecule has 1 aliphatic heterocycles. The molecule has 0 unspecified atom stereocenters. The van der Waals surface area contributed by atoms with Crippen molar-refractivity contribution >= 4 is 89.0 Å². The predicted molar refractivity (Wildman–Crippen MR) is 259 cm³/mol. The third kappa shape index (κ3) is 5.18. The zero-order valence-corrected chi connectivity index (χ0v) is 34.0. The molecule has 11 aromatic carbocycles. The van der Waals surface area contributed by atoms with Crippen LogP contribution in [0.25, 0.3) is 65.3 Å². The van der Waals surface area contributed by atoms with Gasteiger partial charge in [-0.05, 0) is 99.6 Å². The van der Waals surface area contributed by atoms with Crippen LogP contribution in [-0.4, -0.2) is 8.07 Å². The second-order valence-corrected chi connectivity index (χ2v) is 19.7. The van der Waals surface area contributed by atoms with E-state index in [9.17, 15) is 0 Å². The molecule has 0 saturated carbocycles. The highest BCUT2D eigenvalue weighted by atomic mass is 28.3. The average Bonchev–Trinajstić information content (AvgIpc) is 3.63. The number of nitrogens with zero attached hydrogens (tertiary/aromatic N) is 1. The molecule has 0 radical (unpaired) electrons. The quantitative estimate of drug-likeness (QED) is 0.120. The maximum Gasteiger partial charge on any atom is 0.180 e. The highest BCUT2D eigenvalue weighted by molar-refractivity contribution is 7.22. The van der Waals surface area contributed by atoms with Gasteiger partial charge in [0, 0.05) is 16.5 Å². The van der Waals surface area contributed by atoms with Crippen LogP contribution in [0.3, 0.4) is 0 Å². The van der Waals surface area contributed by atoms with Crippen molar-refractivity contribution in [2.24, 2.45) is 0 Å². The minimum absolute atomic E-state index is 1.12. The molecule has 11 aromatic rings. The zero-order chi connectivity index (χ0) is 39.6. The topological polar surface area (TPSA) is 3.24 Å². The van der Waals surface area contributed by atoms with E-state index in [2.05, 4.69) is 241 Å². The molecule has 0 fully saturated rings. The lowest BCUT2D eigenvalue weighted by atomic mass is 9.96. The number of fused-ring (bicyclic) bond motifs is 9. The Bertz CT molecular complexity index is 3270. The molecule has 0 amide bonds. The molecule has 2 heteroatoms. The van der Waals surface area contributed by atoms with Crippen LogP contribution < -0.4 is 25.6 Å². The molecule has 0 aromatic heterocycles. The molecular formula is C58H39NSi. The van der Waals surface area contributed by atoms with E-state index in [0.717, 1.165) is 17.1 Å². The van der Waals surface area contributed by atoms with E-state index in [0.29, 0.717) is 0 Å². The Balaban J connectivity index is 1.07. The van der Waals surface area contributed by atoms with Crippen LogP contribution in [-0.2, 0) is 0 Å². The Morgan fingerprint density at radius 3 is 1.28 bits per heavy atom. The van der Waals surface area contributed by atoms with E-state index in [1.807, 2.05) is 0 Å². The summed E-state index contributed by atoms with van der Waals surface area (Å²) in [5, 5.41) is 15.7. The Morgan fingerprint density at radius 2 is 0.717 bits per heavy atom. The standard InChI is InChI=1S/C58H39NSi/c1-3-19-45(20-4-1)60(46-21-5-2-6-22-46)57-30-16-15-29-53(57)54-36-33-41(39-58(54)60)40-31-34-44(35-32-40)59(55-37-42-17-7-9-23-47(42)49-25-11-13-27-51(49)55)56-38-43-18-8-10-24-48(43)50-26-12-14-28-52(50)56/h1-39H. The van der Waals surface area contributed by atoms with E-state index >= 15 is 0 Å². The molecule has 0 spiro atoms. The largest absolute Gasteiger partial charge is 0.309 e. The van der Waals surface area contributed by atoms with Crippen LogP contribution in [0.15, 0.2) is 237 Å². The average molecular weight is 778 g/mol. The fourth-order valence-corrected chi connectivity index (χ4v) is 15.5. The molecule has 1 heterocycles. The summed E-state index contributed by atoms with van der Waals surface area (Å²) in [6, 6.07) is 88.2. The molecule has 0 atom stereocenters. The molecular weight excluding hydrogens is 739 g/mol. The molecule has 0 N–H and O–H groups in total. The van der Waals surface area contributed by atoms with Gasteiger partial charge in [0.2, 0.25) is 0 Å². The lowest BCUT2D eigenvalue weighted by molar-refractivity contribution is 1.32. The molecule has 280 valence electrons. The Hall–Kier alpha value is -7.52. The second-order valence-electron chi connectivity index (χ2n) is 16.0. The van der Waals surface area contributed by atoms with Gasteiger partial charge in [0.25, 0.3) is 0 Å². The first-order chi connectivity index (χ1) is 29.8. The van der Waals surface area contributed by atoms with E-state index in [-0.39, 0.29) is 0 Å². The maximum absolute atomic E-state index is 2.61. The van der Waals surface area contributed by atoms with Gasteiger partial charge in [-0.3, -0.25) is 0 Å². The van der Waals surface area contributed by atoms with E-state index < -0.39 is 8.07 Å². The first-order valence-electron chi connectivity index (χ1n) is 20.8. The van der Waals surface area contributed by atoms with Crippen LogP contribution in [0.2, 0.25) is 0 Å². The second kappa shape index (κ2) is 13.8. The monoisotopic (exact) mass is 777 g/mol. The normalized spacial score (nSPS) is 12.8. The SMILES string of the molecule is c1ccc([Si]2(c3ccccc3)c3ccccc3-c3ccc(-c4ccc(N(c5cc6ccccc6c6ccccc56)c5cc6ccccc6c6ccccc56)cc4)cc32)cc1. The number of hydrogen-bond acceptors (Lipinski definition) is 1. The van der Waals surface area contributed by atoms with Crippen molar-refractivity contribution in [2.45, 2.75) is 0 Å². The van der Waals surface area contributed by atoms with E-state index in [1.54, 1.807) is 0 Å². The fourth-order valence-electron chi connectivity index (χ4n) is 10.3. The summed E-state index contributed by atoms with van der Waals surface area (Å²) in [5.41, 5.74) is 8.58. The molecule has 1 aliphatic rings. The van der Waals surface area contributed by atoms with Gasteiger partial charge < -0.3 is 4.90 Å². The van der Waals surface area contributed by atoms with Crippen LogP contribution in [0.4, 0.5) is 17.1 Å². The molecule has 0 aliphatic carbocycles. The highest BCUT2D eigenvalue weighted by Crippen LogP contribution is 2.46. The lowest BCUT2D eigenvalue weighted by Crippen LogP contribution is -2.72. The van der Waals surface area contributed by atoms with Crippen LogP contribution >= 0.6 is 0 Å². The summed E-state index contributed by atoms with van der Waals surface area (Å²) >= 11 is 0. The van der Waals surface area contributed by atoms with Crippen molar-refractivity contribution in [3.63, 3.8) is 0 Å². The fraction of sp³-hybridized carbons (Fsp3) is 0. The third-order valence-electron chi connectivity index (χ3n) is 12.9. The third-order valence-corrected chi connectivity index (χ3v) is 17.8. The van der Waals surface area contributed by atoms with Crippen molar-refractivity contribution in [3.8, 4) is 22.3 Å². The van der Waals surface area contributed by atoms with Gasteiger partial charge >= 0.3 is 0 Å². The van der Waals surface area contributed by atoms with Gasteiger partial charge in [-0.15, -0.1) is 0 Å². The van der Waals surface area contributed by atoms with Gasteiger partial charge in [-0.2, -0.15) is 0 Å². The number of hydrogen-bond donors (Lipinski definition) is 0. The summed E-state index contributed by atoms with van der Waals surface area (Å²) in [6.07, 6.45) is 0.